The number of hydrogen-bond acceptors (Lipinski definition) is 4. The van der Waals surface area contributed by atoms with Gasteiger partial charge < -0.3 is 15.1 Å². The first kappa shape index (κ1) is 21.8. The number of hydrogen-bond donors (Lipinski definition) is 1. The Labute approximate surface area is 188 Å². The summed E-state index contributed by atoms with van der Waals surface area (Å²) in [5.74, 6) is 0.0939. The summed E-state index contributed by atoms with van der Waals surface area (Å²) in [5, 5.41) is 2.97. The van der Waals surface area contributed by atoms with Gasteiger partial charge in [-0.1, -0.05) is 43.2 Å². The van der Waals surface area contributed by atoms with Gasteiger partial charge in [0.2, 0.25) is 0 Å². The van der Waals surface area contributed by atoms with Crippen LogP contribution in [0.25, 0.3) is 0 Å². The molecule has 0 spiro atoms. The molecule has 0 radical (unpaired) electrons. The van der Waals surface area contributed by atoms with Crippen LogP contribution in [-0.4, -0.2) is 65.9 Å². The molecule has 2 fully saturated rings. The molecule has 3 heterocycles. The molecule has 31 heavy (non-hydrogen) atoms. The van der Waals surface area contributed by atoms with Crippen molar-refractivity contribution in [1.29, 1.82) is 0 Å². The molecule has 2 aliphatic rings. The lowest BCUT2D eigenvalue weighted by molar-refractivity contribution is 0.0669. The number of urea groups is 1. The smallest absolute Gasteiger partial charge is 0.317 e. The highest BCUT2D eigenvalue weighted by Gasteiger charge is 2.25. The lowest BCUT2D eigenvalue weighted by Gasteiger charge is -2.34. The molecule has 1 N–H and O–H groups in total. The first-order valence-electron chi connectivity index (χ1n) is 11.4. The zero-order valence-corrected chi connectivity index (χ0v) is 18.9. The number of benzene rings is 1. The molecular formula is C24H32N4O2S. The van der Waals surface area contributed by atoms with Gasteiger partial charge in [-0.15, -0.1) is 11.3 Å². The standard InChI is InChI=1S/C24H32N4O2S/c29-23(22-11-10-21(31-22)19-26-12-6-1-2-7-13-26)27-14-16-28(17-15-27)24(30)25-18-20-8-4-3-5-9-20/h3-5,8-11H,1-2,6-7,12-19H2,(H,25,30). The maximum atomic E-state index is 13.0. The van der Waals surface area contributed by atoms with E-state index in [4.69, 9.17) is 0 Å². The van der Waals surface area contributed by atoms with Crippen LogP contribution in [0.1, 0.15) is 45.8 Å². The molecular weight excluding hydrogens is 408 g/mol. The number of piperazine rings is 1. The van der Waals surface area contributed by atoms with Crippen LogP contribution in [0.3, 0.4) is 0 Å². The van der Waals surface area contributed by atoms with Gasteiger partial charge in [-0.3, -0.25) is 9.69 Å². The fraction of sp³-hybridized carbons (Fsp3) is 0.500. The minimum absolute atomic E-state index is 0.0631. The molecule has 2 saturated heterocycles. The van der Waals surface area contributed by atoms with Crippen LogP contribution in [0, 0.1) is 0 Å². The normalized spacial score (nSPS) is 17.9. The second-order valence-corrected chi connectivity index (χ2v) is 9.55. The van der Waals surface area contributed by atoms with E-state index in [0.717, 1.165) is 30.1 Å². The molecule has 1 aromatic heterocycles. The molecule has 4 rings (SSSR count). The summed E-state index contributed by atoms with van der Waals surface area (Å²) in [5.41, 5.74) is 1.08. The Morgan fingerprint density at radius 2 is 1.48 bits per heavy atom. The predicted molar refractivity (Wildman–Crippen MR) is 124 cm³/mol. The van der Waals surface area contributed by atoms with Crippen LogP contribution in [0.5, 0.6) is 0 Å². The SMILES string of the molecule is O=C(NCc1ccccc1)N1CCN(C(=O)c2ccc(CN3CCCCCC3)s2)CC1. The fourth-order valence-electron chi connectivity index (χ4n) is 4.25. The number of nitrogens with zero attached hydrogens (tertiary/aromatic N) is 3. The van der Waals surface area contributed by atoms with E-state index in [1.807, 2.05) is 41.3 Å². The third-order valence-electron chi connectivity index (χ3n) is 6.09. The lowest BCUT2D eigenvalue weighted by atomic mass is 10.2. The Hall–Kier alpha value is -2.38. The van der Waals surface area contributed by atoms with Gasteiger partial charge in [-0.05, 0) is 43.6 Å². The van der Waals surface area contributed by atoms with Crippen molar-refractivity contribution in [2.75, 3.05) is 39.3 Å². The average molecular weight is 441 g/mol. The summed E-state index contributed by atoms with van der Waals surface area (Å²) in [6.07, 6.45) is 5.22. The second-order valence-electron chi connectivity index (χ2n) is 8.38. The van der Waals surface area contributed by atoms with Gasteiger partial charge in [0.1, 0.15) is 0 Å². The monoisotopic (exact) mass is 440 g/mol. The molecule has 166 valence electrons. The topological polar surface area (TPSA) is 55.9 Å². The molecule has 0 bridgehead atoms. The molecule has 0 aliphatic carbocycles. The number of carbonyl (C=O) groups excluding carboxylic acids is 2. The highest BCUT2D eigenvalue weighted by atomic mass is 32.1. The molecule has 0 saturated carbocycles. The molecule has 2 aromatic rings. The maximum Gasteiger partial charge on any atom is 0.317 e. The van der Waals surface area contributed by atoms with Gasteiger partial charge in [0, 0.05) is 44.1 Å². The van der Waals surface area contributed by atoms with E-state index in [2.05, 4.69) is 16.3 Å². The van der Waals surface area contributed by atoms with Crippen molar-refractivity contribution in [2.24, 2.45) is 0 Å². The minimum Gasteiger partial charge on any atom is -0.334 e. The molecule has 1 aromatic carbocycles. The largest absolute Gasteiger partial charge is 0.334 e. The number of thiophene rings is 1. The van der Waals surface area contributed by atoms with Crippen LogP contribution in [0.15, 0.2) is 42.5 Å². The maximum absolute atomic E-state index is 13.0. The Morgan fingerprint density at radius 3 is 2.19 bits per heavy atom. The Morgan fingerprint density at radius 1 is 0.806 bits per heavy atom. The van der Waals surface area contributed by atoms with E-state index >= 15 is 0 Å². The zero-order chi connectivity index (χ0) is 21.5. The molecule has 0 atom stereocenters. The van der Waals surface area contributed by atoms with Gasteiger partial charge in [-0.2, -0.15) is 0 Å². The third kappa shape index (κ3) is 6.08. The summed E-state index contributed by atoms with van der Waals surface area (Å²) in [6.45, 7) is 6.09. The average Bonchev–Trinajstić information content (AvgIpc) is 3.13. The Balaban J connectivity index is 1.23. The van der Waals surface area contributed by atoms with E-state index < -0.39 is 0 Å². The highest BCUT2D eigenvalue weighted by molar-refractivity contribution is 7.14. The summed E-state index contributed by atoms with van der Waals surface area (Å²) in [4.78, 5) is 33.7. The van der Waals surface area contributed by atoms with E-state index in [-0.39, 0.29) is 11.9 Å². The molecule has 7 heteroatoms. The summed E-state index contributed by atoms with van der Waals surface area (Å²) in [7, 11) is 0. The van der Waals surface area contributed by atoms with Crippen molar-refractivity contribution >= 4 is 23.3 Å². The minimum atomic E-state index is -0.0631. The molecule has 6 nitrogen and oxygen atoms in total. The predicted octanol–water partition coefficient (Wildman–Crippen LogP) is 3.79. The van der Waals surface area contributed by atoms with Gasteiger partial charge in [-0.25, -0.2) is 4.79 Å². The number of carbonyl (C=O) groups is 2. The highest BCUT2D eigenvalue weighted by Crippen LogP contribution is 2.22. The number of rotatable bonds is 5. The molecule has 3 amide bonds. The lowest BCUT2D eigenvalue weighted by Crippen LogP contribution is -2.53. The van der Waals surface area contributed by atoms with Crippen molar-refractivity contribution in [3.8, 4) is 0 Å². The first-order valence-corrected chi connectivity index (χ1v) is 12.2. The summed E-state index contributed by atoms with van der Waals surface area (Å²) >= 11 is 1.62. The Kier molecular flexibility index (Phi) is 7.59. The molecule has 2 aliphatic heterocycles. The van der Waals surface area contributed by atoms with Crippen LogP contribution >= 0.6 is 11.3 Å². The van der Waals surface area contributed by atoms with Crippen LogP contribution in [-0.2, 0) is 13.1 Å². The number of amides is 3. The van der Waals surface area contributed by atoms with Crippen LogP contribution in [0.2, 0.25) is 0 Å². The zero-order valence-electron chi connectivity index (χ0n) is 18.1. The molecule has 0 unspecified atom stereocenters. The van der Waals surface area contributed by atoms with Crippen molar-refractivity contribution in [3.05, 3.63) is 57.8 Å². The van der Waals surface area contributed by atoms with Gasteiger partial charge in [0.25, 0.3) is 5.91 Å². The van der Waals surface area contributed by atoms with Crippen LogP contribution < -0.4 is 5.32 Å². The fourth-order valence-corrected chi connectivity index (χ4v) is 5.26. The van der Waals surface area contributed by atoms with E-state index in [9.17, 15) is 9.59 Å². The van der Waals surface area contributed by atoms with Gasteiger partial charge in [0.15, 0.2) is 0 Å². The quantitative estimate of drug-likeness (QED) is 0.770. The van der Waals surface area contributed by atoms with E-state index in [1.54, 1.807) is 16.2 Å². The number of nitrogens with one attached hydrogen (secondary N) is 1. The Bertz CT molecular complexity index is 853. The summed E-state index contributed by atoms with van der Waals surface area (Å²) in [6, 6.07) is 13.9. The van der Waals surface area contributed by atoms with Crippen molar-refractivity contribution in [1.82, 2.24) is 20.0 Å². The van der Waals surface area contributed by atoms with Gasteiger partial charge in [0.05, 0.1) is 4.88 Å². The summed E-state index contributed by atoms with van der Waals surface area (Å²) < 4.78 is 0. The third-order valence-corrected chi connectivity index (χ3v) is 7.15. The van der Waals surface area contributed by atoms with E-state index in [1.165, 1.54) is 30.6 Å². The first-order chi connectivity index (χ1) is 15.2. The number of likely N-dealkylation sites (tertiary alicyclic amines) is 1. The second kappa shape index (κ2) is 10.8. The van der Waals surface area contributed by atoms with Crippen molar-refractivity contribution in [3.63, 3.8) is 0 Å². The van der Waals surface area contributed by atoms with Crippen LogP contribution in [0.4, 0.5) is 4.79 Å². The van der Waals surface area contributed by atoms with E-state index in [0.29, 0.717) is 32.7 Å². The van der Waals surface area contributed by atoms with Crippen molar-refractivity contribution < 1.29 is 9.59 Å². The van der Waals surface area contributed by atoms with Gasteiger partial charge >= 0.3 is 6.03 Å². The van der Waals surface area contributed by atoms with Crippen molar-refractivity contribution in [2.45, 2.75) is 38.8 Å².